The van der Waals surface area contributed by atoms with E-state index in [0.29, 0.717) is 29.0 Å². The summed E-state index contributed by atoms with van der Waals surface area (Å²) in [5, 5.41) is 3.39. The molecule has 0 aliphatic heterocycles. The molecule has 0 aliphatic carbocycles. The second-order valence-electron chi connectivity index (χ2n) is 5.58. The molecule has 1 N–H and O–H groups in total. The number of hydrogen-bond acceptors (Lipinski definition) is 5. The molecule has 0 spiro atoms. The van der Waals surface area contributed by atoms with Gasteiger partial charge in [0.15, 0.2) is 5.82 Å². The van der Waals surface area contributed by atoms with Gasteiger partial charge in [-0.2, -0.15) is 0 Å². The highest BCUT2D eigenvalue weighted by atomic mass is 16.5. The Morgan fingerprint density at radius 3 is 2.62 bits per heavy atom. The number of rotatable bonds is 7. The van der Waals surface area contributed by atoms with Crippen molar-refractivity contribution in [3.05, 3.63) is 54.2 Å². The fourth-order valence-electron chi connectivity index (χ4n) is 2.57. The third-order valence-electron chi connectivity index (χ3n) is 3.79. The molecule has 6 heteroatoms. The molecular weight excluding hydrogens is 330 g/mol. The lowest BCUT2D eigenvalue weighted by Crippen LogP contribution is -2.26. The minimum absolute atomic E-state index is 0.264. The Bertz CT molecular complexity index is 923. The molecule has 3 rings (SSSR count). The first-order valence-corrected chi connectivity index (χ1v) is 8.44. The van der Waals surface area contributed by atoms with Crippen LogP contribution >= 0.6 is 0 Å². The van der Waals surface area contributed by atoms with Crippen molar-refractivity contribution >= 4 is 23.1 Å². The Balaban J connectivity index is 2.01. The van der Waals surface area contributed by atoms with Gasteiger partial charge in [0.05, 0.1) is 12.1 Å². The maximum Gasteiger partial charge on any atom is 0.270 e. The lowest BCUT2D eigenvalue weighted by Gasteiger charge is -2.09. The summed E-state index contributed by atoms with van der Waals surface area (Å²) < 4.78 is 5.45. The van der Waals surface area contributed by atoms with E-state index in [1.165, 1.54) is 0 Å². The van der Waals surface area contributed by atoms with Crippen molar-refractivity contribution in [3.8, 4) is 17.1 Å². The average Bonchev–Trinajstić information content (AvgIpc) is 2.68. The standard InChI is InChI=1S/C20H19N3O3/c1-2-26-15-10-8-14(9-11-15)19-22-17-7-4-3-6-16(17)18(23-19)20(25)21-12-5-13-24/h3-4,6-11,13H,2,5,12H2,1H3,(H,21,25). The highest BCUT2D eigenvalue weighted by Gasteiger charge is 2.15. The van der Waals surface area contributed by atoms with Gasteiger partial charge < -0.3 is 14.8 Å². The Kier molecular flexibility index (Phi) is 5.53. The minimum atomic E-state index is -0.322. The summed E-state index contributed by atoms with van der Waals surface area (Å²) in [5.41, 5.74) is 1.78. The predicted octanol–water partition coefficient (Wildman–Crippen LogP) is 3.01. The van der Waals surface area contributed by atoms with E-state index < -0.39 is 0 Å². The first kappa shape index (κ1) is 17.5. The zero-order valence-electron chi connectivity index (χ0n) is 14.4. The van der Waals surface area contributed by atoms with Gasteiger partial charge in [-0.1, -0.05) is 18.2 Å². The lowest BCUT2D eigenvalue weighted by molar-refractivity contribution is -0.107. The molecule has 26 heavy (non-hydrogen) atoms. The van der Waals surface area contributed by atoms with Crippen LogP contribution in [0.1, 0.15) is 23.8 Å². The van der Waals surface area contributed by atoms with E-state index in [2.05, 4.69) is 15.3 Å². The molecule has 0 aliphatic rings. The molecule has 1 amide bonds. The number of aromatic nitrogens is 2. The van der Waals surface area contributed by atoms with Crippen LogP contribution in [-0.2, 0) is 4.79 Å². The summed E-state index contributed by atoms with van der Waals surface area (Å²) in [6.45, 7) is 2.80. The maximum absolute atomic E-state index is 12.5. The van der Waals surface area contributed by atoms with Crippen LogP contribution in [0, 0.1) is 0 Å². The van der Waals surface area contributed by atoms with Crippen molar-refractivity contribution in [3.63, 3.8) is 0 Å². The highest BCUT2D eigenvalue weighted by Crippen LogP contribution is 2.23. The second-order valence-corrected chi connectivity index (χ2v) is 5.58. The number of fused-ring (bicyclic) bond motifs is 1. The molecule has 0 radical (unpaired) electrons. The first-order chi connectivity index (χ1) is 12.7. The second kappa shape index (κ2) is 8.20. The van der Waals surface area contributed by atoms with Gasteiger partial charge in [-0.3, -0.25) is 4.79 Å². The van der Waals surface area contributed by atoms with Crippen LogP contribution in [0.3, 0.4) is 0 Å². The molecular formula is C20H19N3O3. The third kappa shape index (κ3) is 3.85. The highest BCUT2D eigenvalue weighted by molar-refractivity contribution is 6.04. The summed E-state index contributed by atoms with van der Waals surface area (Å²) in [6, 6.07) is 14.8. The van der Waals surface area contributed by atoms with E-state index in [-0.39, 0.29) is 18.9 Å². The van der Waals surface area contributed by atoms with Crippen molar-refractivity contribution in [2.75, 3.05) is 13.2 Å². The van der Waals surface area contributed by atoms with Gasteiger partial charge in [0.25, 0.3) is 5.91 Å². The van der Waals surface area contributed by atoms with Gasteiger partial charge in [0, 0.05) is 23.9 Å². The van der Waals surface area contributed by atoms with Crippen LogP contribution in [0.2, 0.25) is 0 Å². The van der Waals surface area contributed by atoms with Gasteiger partial charge in [0.2, 0.25) is 0 Å². The fraction of sp³-hybridized carbons (Fsp3) is 0.200. The van der Waals surface area contributed by atoms with E-state index in [1.807, 2.05) is 55.5 Å². The van der Waals surface area contributed by atoms with Crippen molar-refractivity contribution < 1.29 is 14.3 Å². The van der Waals surface area contributed by atoms with Gasteiger partial charge >= 0.3 is 0 Å². The van der Waals surface area contributed by atoms with Crippen molar-refractivity contribution in [1.82, 2.24) is 15.3 Å². The van der Waals surface area contributed by atoms with E-state index in [9.17, 15) is 9.59 Å². The zero-order valence-corrected chi connectivity index (χ0v) is 14.4. The quantitative estimate of drug-likeness (QED) is 0.524. The first-order valence-electron chi connectivity index (χ1n) is 8.44. The van der Waals surface area contributed by atoms with E-state index >= 15 is 0 Å². The van der Waals surface area contributed by atoms with Gasteiger partial charge in [-0.15, -0.1) is 0 Å². The van der Waals surface area contributed by atoms with Crippen LogP contribution in [0.5, 0.6) is 5.75 Å². The topological polar surface area (TPSA) is 81.2 Å². The van der Waals surface area contributed by atoms with Crippen LogP contribution in [0.25, 0.3) is 22.3 Å². The van der Waals surface area contributed by atoms with Crippen molar-refractivity contribution in [1.29, 1.82) is 0 Å². The Labute approximate surface area is 151 Å². The van der Waals surface area contributed by atoms with E-state index in [0.717, 1.165) is 17.6 Å². The fourth-order valence-corrected chi connectivity index (χ4v) is 2.57. The van der Waals surface area contributed by atoms with Gasteiger partial charge in [0.1, 0.15) is 17.7 Å². The smallest absolute Gasteiger partial charge is 0.270 e. The van der Waals surface area contributed by atoms with Gasteiger partial charge in [-0.25, -0.2) is 9.97 Å². The number of amides is 1. The molecule has 2 aromatic carbocycles. The molecule has 1 heterocycles. The molecule has 3 aromatic rings. The van der Waals surface area contributed by atoms with E-state index in [4.69, 9.17) is 4.74 Å². The number of ether oxygens (including phenoxy) is 1. The number of carbonyl (C=O) groups excluding carboxylic acids is 2. The number of carbonyl (C=O) groups is 2. The lowest BCUT2D eigenvalue weighted by atomic mass is 10.1. The van der Waals surface area contributed by atoms with E-state index in [1.54, 1.807) is 0 Å². The minimum Gasteiger partial charge on any atom is -0.494 e. The van der Waals surface area contributed by atoms with Crippen LogP contribution in [0.4, 0.5) is 0 Å². The molecule has 0 fully saturated rings. The summed E-state index contributed by atoms with van der Waals surface area (Å²) in [7, 11) is 0. The Hall–Kier alpha value is -3.28. The molecule has 0 unspecified atom stereocenters. The SMILES string of the molecule is CCOc1ccc(-c2nc(C(=O)NCCC=O)c3ccccc3n2)cc1. The number of para-hydroxylation sites is 1. The normalized spacial score (nSPS) is 10.5. The Morgan fingerprint density at radius 1 is 1.12 bits per heavy atom. The summed E-state index contributed by atoms with van der Waals surface area (Å²) in [6.07, 6.45) is 1.03. The predicted molar refractivity (Wildman–Crippen MR) is 99.2 cm³/mol. The van der Waals surface area contributed by atoms with Crippen molar-refractivity contribution in [2.45, 2.75) is 13.3 Å². The maximum atomic E-state index is 12.5. The molecule has 0 saturated heterocycles. The number of hydrogen-bond donors (Lipinski definition) is 1. The van der Waals surface area contributed by atoms with Crippen LogP contribution in [-0.4, -0.2) is 35.3 Å². The van der Waals surface area contributed by atoms with Gasteiger partial charge in [-0.05, 0) is 37.3 Å². The Morgan fingerprint density at radius 2 is 1.88 bits per heavy atom. The molecule has 1 aromatic heterocycles. The molecule has 0 atom stereocenters. The monoisotopic (exact) mass is 349 g/mol. The molecule has 6 nitrogen and oxygen atoms in total. The summed E-state index contributed by atoms with van der Waals surface area (Å²) in [4.78, 5) is 32.0. The third-order valence-corrected chi connectivity index (χ3v) is 3.79. The molecule has 0 bridgehead atoms. The molecule has 0 saturated carbocycles. The number of benzene rings is 2. The van der Waals surface area contributed by atoms with Crippen molar-refractivity contribution in [2.24, 2.45) is 0 Å². The summed E-state index contributed by atoms with van der Waals surface area (Å²) in [5.74, 6) is 0.911. The number of aldehydes is 1. The van der Waals surface area contributed by atoms with Crippen LogP contribution < -0.4 is 10.1 Å². The average molecular weight is 349 g/mol. The number of nitrogens with zero attached hydrogens (tertiary/aromatic N) is 2. The van der Waals surface area contributed by atoms with Crippen LogP contribution in [0.15, 0.2) is 48.5 Å². The largest absolute Gasteiger partial charge is 0.494 e. The summed E-state index contributed by atoms with van der Waals surface area (Å²) >= 11 is 0. The zero-order chi connectivity index (χ0) is 18.4. The molecule has 132 valence electrons. The number of nitrogens with one attached hydrogen (secondary N) is 1.